The highest BCUT2D eigenvalue weighted by molar-refractivity contribution is 6.30. The maximum absolute atomic E-state index is 13.1. The number of carbonyl (C=O) groups is 1. The van der Waals surface area contributed by atoms with E-state index in [4.69, 9.17) is 11.6 Å². The summed E-state index contributed by atoms with van der Waals surface area (Å²) in [6.07, 6.45) is -2.86. The minimum atomic E-state index is -4.45. The van der Waals surface area contributed by atoms with E-state index in [0.29, 0.717) is 31.2 Å². The first-order valence-corrected chi connectivity index (χ1v) is 8.52. The van der Waals surface area contributed by atoms with Gasteiger partial charge in [-0.1, -0.05) is 23.7 Å². The highest BCUT2D eigenvalue weighted by Gasteiger charge is 2.36. The van der Waals surface area contributed by atoms with Crippen LogP contribution >= 0.6 is 11.6 Å². The van der Waals surface area contributed by atoms with Crippen LogP contribution in [0.3, 0.4) is 0 Å². The Morgan fingerprint density at radius 2 is 1.73 bits per heavy atom. The second kappa shape index (κ2) is 7.53. The Kier molecular flexibility index (Phi) is 5.36. The molecule has 0 bridgehead atoms. The molecule has 1 aliphatic rings. The molecule has 0 radical (unpaired) electrons. The Labute approximate surface area is 154 Å². The molecule has 2 heterocycles. The molecule has 1 fully saturated rings. The van der Waals surface area contributed by atoms with Gasteiger partial charge in [0, 0.05) is 37.4 Å². The van der Waals surface area contributed by atoms with E-state index in [2.05, 4.69) is 4.98 Å². The zero-order valence-corrected chi connectivity index (χ0v) is 14.6. The van der Waals surface area contributed by atoms with Crippen molar-refractivity contribution in [2.45, 2.75) is 12.6 Å². The molecule has 0 unspecified atom stereocenters. The highest BCUT2D eigenvalue weighted by atomic mass is 35.5. The van der Waals surface area contributed by atoms with Crippen molar-refractivity contribution < 1.29 is 18.0 Å². The van der Waals surface area contributed by atoms with Gasteiger partial charge in [0.15, 0.2) is 0 Å². The van der Waals surface area contributed by atoms with Gasteiger partial charge in [0.05, 0.1) is 12.0 Å². The number of hydrogen-bond acceptors (Lipinski definition) is 3. The lowest BCUT2D eigenvalue weighted by molar-refractivity contribution is -0.137. The minimum absolute atomic E-state index is 0.0518. The van der Waals surface area contributed by atoms with Gasteiger partial charge in [-0.25, -0.2) is 4.98 Å². The first-order valence-electron chi connectivity index (χ1n) is 8.14. The van der Waals surface area contributed by atoms with E-state index in [1.807, 2.05) is 0 Å². The number of halogens is 4. The fraction of sp³-hybridized carbons (Fsp3) is 0.333. The van der Waals surface area contributed by atoms with E-state index < -0.39 is 11.7 Å². The third-order valence-electron chi connectivity index (χ3n) is 4.29. The summed E-state index contributed by atoms with van der Waals surface area (Å²) in [5.41, 5.74) is 0.104. The van der Waals surface area contributed by atoms with Gasteiger partial charge in [0.2, 0.25) is 5.91 Å². The van der Waals surface area contributed by atoms with E-state index >= 15 is 0 Å². The predicted molar refractivity (Wildman–Crippen MR) is 93.2 cm³/mol. The Morgan fingerprint density at radius 3 is 2.35 bits per heavy atom. The number of carbonyl (C=O) groups excluding carboxylic acids is 1. The van der Waals surface area contributed by atoms with Crippen molar-refractivity contribution in [2.75, 3.05) is 31.1 Å². The van der Waals surface area contributed by atoms with Crippen LogP contribution in [0.15, 0.2) is 42.6 Å². The van der Waals surface area contributed by atoms with Crippen LogP contribution in [-0.2, 0) is 17.4 Å². The van der Waals surface area contributed by atoms with E-state index in [0.717, 1.165) is 11.6 Å². The molecule has 8 heteroatoms. The summed E-state index contributed by atoms with van der Waals surface area (Å²) >= 11 is 5.83. The van der Waals surface area contributed by atoms with Gasteiger partial charge < -0.3 is 9.80 Å². The molecule has 26 heavy (non-hydrogen) atoms. The summed E-state index contributed by atoms with van der Waals surface area (Å²) in [7, 11) is 0. The van der Waals surface area contributed by atoms with Gasteiger partial charge >= 0.3 is 6.18 Å². The summed E-state index contributed by atoms with van der Waals surface area (Å²) in [5.74, 6) is -0.131. The molecule has 0 N–H and O–H groups in total. The largest absolute Gasteiger partial charge is 0.419 e. The van der Waals surface area contributed by atoms with Crippen LogP contribution in [0.2, 0.25) is 5.02 Å². The maximum atomic E-state index is 13.1. The number of rotatable bonds is 3. The van der Waals surface area contributed by atoms with E-state index in [9.17, 15) is 18.0 Å². The summed E-state index contributed by atoms with van der Waals surface area (Å²) in [4.78, 5) is 19.6. The van der Waals surface area contributed by atoms with E-state index in [-0.39, 0.29) is 18.1 Å². The van der Waals surface area contributed by atoms with Gasteiger partial charge in [0.25, 0.3) is 0 Å². The second-order valence-corrected chi connectivity index (χ2v) is 6.48. The third-order valence-corrected chi connectivity index (χ3v) is 4.54. The lowest BCUT2D eigenvalue weighted by Crippen LogP contribution is -2.49. The van der Waals surface area contributed by atoms with E-state index in [1.165, 1.54) is 12.3 Å². The molecule has 0 aliphatic carbocycles. The van der Waals surface area contributed by atoms with Crippen LogP contribution in [0.25, 0.3) is 0 Å². The number of nitrogens with zero attached hydrogens (tertiary/aromatic N) is 3. The van der Waals surface area contributed by atoms with Crippen LogP contribution in [-0.4, -0.2) is 42.0 Å². The summed E-state index contributed by atoms with van der Waals surface area (Å²) < 4.78 is 39.4. The van der Waals surface area contributed by atoms with E-state index in [1.54, 1.807) is 34.1 Å². The van der Waals surface area contributed by atoms with Crippen molar-refractivity contribution in [1.82, 2.24) is 9.88 Å². The summed E-state index contributed by atoms with van der Waals surface area (Å²) in [5, 5.41) is 0.602. The Morgan fingerprint density at radius 1 is 1.08 bits per heavy atom. The number of pyridine rings is 1. The van der Waals surface area contributed by atoms with Crippen molar-refractivity contribution in [2.24, 2.45) is 0 Å². The fourth-order valence-electron chi connectivity index (χ4n) is 2.93. The van der Waals surface area contributed by atoms with Crippen molar-refractivity contribution >= 4 is 23.3 Å². The number of hydrogen-bond donors (Lipinski definition) is 0. The van der Waals surface area contributed by atoms with Gasteiger partial charge in [-0.15, -0.1) is 0 Å². The molecule has 1 aromatic heterocycles. The molecule has 3 rings (SSSR count). The topological polar surface area (TPSA) is 36.4 Å². The average Bonchev–Trinajstić information content (AvgIpc) is 2.63. The molecule has 1 aromatic carbocycles. The number of amides is 1. The Balaban J connectivity index is 1.63. The zero-order chi connectivity index (χ0) is 18.7. The molecular weight excluding hydrogens is 367 g/mol. The third kappa shape index (κ3) is 4.27. The van der Waals surface area contributed by atoms with Crippen LogP contribution in [0.5, 0.6) is 0 Å². The first-order chi connectivity index (χ1) is 12.3. The molecule has 1 amide bonds. The minimum Gasteiger partial charge on any atom is -0.353 e. The zero-order valence-electron chi connectivity index (χ0n) is 13.8. The van der Waals surface area contributed by atoms with Crippen molar-refractivity contribution in [3.63, 3.8) is 0 Å². The van der Waals surface area contributed by atoms with Gasteiger partial charge in [-0.2, -0.15) is 13.2 Å². The molecule has 0 saturated carbocycles. The maximum Gasteiger partial charge on any atom is 0.419 e. The monoisotopic (exact) mass is 383 g/mol. The summed E-state index contributed by atoms with van der Waals surface area (Å²) in [6, 6.07) is 9.34. The molecule has 138 valence electrons. The number of benzene rings is 1. The molecule has 2 aromatic rings. The number of piperazine rings is 1. The first kappa shape index (κ1) is 18.5. The van der Waals surface area contributed by atoms with Crippen molar-refractivity contribution in [3.8, 4) is 0 Å². The highest BCUT2D eigenvalue weighted by Crippen LogP contribution is 2.35. The average molecular weight is 384 g/mol. The van der Waals surface area contributed by atoms with Crippen LogP contribution in [0.4, 0.5) is 19.0 Å². The molecule has 1 aliphatic heterocycles. The molecule has 4 nitrogen and oxygen atoms in total. The quantitative estimate of drug-likeness (QED) is 0.812. The molecule has 0 spiro atoms. The van der Waals surface area contributed by atoms with Gasteiger partial charge in [0.1, 0.15) is 5.82 Å². The Hall–Kier alpha value is -2.28. The Bertz CT molecular complexity index is 772. The molecular formula is C18H17ClF3N3O. The van der Waals surface area contributed by atoms with Gasteiger partial charge in [-0.05, 0) is 29.8 Å². The summed E-state index contributed by atoms with van der Waals surface area (Å²) in [6.45, 7) is 1.35. The van der Waals surface area contributed by atoms with Crippen LogP contribution in [0, 0.1) is 0 Å². The van der Waals surface area contributed by atoms with Crippen molar-refractivity contribution in [3.05, 3.63) is 58.7 Å². The number of anilines is 1. The second-order valence-electron chi connectivity index (χ2n) is 6.04. The number of aromatic nitrogens is 1. The van der Waals surface area contributed by atoms with Crippen molar-refractivity contribution in [1.29, 1.82) is 0 Å². The normalized spacial score (nSPS) is 15.2. The SMILES string of the molecule is O=C(Cc1ccc(Cl)cc1)N1CCN(c2ncccc2C(F)(F)F)CC1. The fourth-order valence-corrected chi connectivity index (χ4v) is 3.05. The molecule has 1 saturated heterocycles. The number of alkyl halides is 3. The predicted octanol–water partition coefficient (Wildman–Crippen LogP) is 3.65. The van der Waals surface area contributed by atoms with Gasteiger partial charge in [-0.3, -0.25) is 4.79 Å². The lowest BCUT2D eigenvalue weighted by atomic mass is 10.1. The van der Waals surface area contributed by atoms with Crippen LogP contribution < -0.4 is 4.90 Å². The van der Waals surface area contributed by atoms with Crippen LogP contribution in [0.1, 0.15) is 11.1 Å². The lowest BCUT2D eigenvalue weighted by Gasteiger charge is -2.36. The smallest absolute Gasteiger partial charge is 0.353 e. The standard InChI is InChI=1S/C18H17ClF3N3O/c19-14-5-3-13(4-6-14)12-16(26)24-8-10-25(11-9-24)17-15(18(20,21)22)2-1-7-23-17/h1-7H,8-12H2. The molecule has 0 atom stereocenters.